The van der Waals surface area contributed by atoms with Crippen LogP contribution in [0, 0.1) is 5.41 Å². The van der Waals surface area contributed by atoms with Crippen LogP contribution in [0.2, 0.25) is 0 Å². The molecule has 1 saturated heterocycles. The van der Waals surface area contributed by atoms with Gasteiger partial charge in [0.15, 0.2) is 0 Å². The van der Waals surface area contributed by atoms with Crippen LogP contribution < -0.4 is 0 Å². The van der Waals surface area contributed by atoms with Crippen LogP contribution in [0.5, 0.6) is 0 Å². The van der Waals surface area contributed by atoms with Crippen molar-refractivity contribution in [3.63, 3.8) is 0 Å². The standard InChI is InChI=1S/C20H25NO6/c1-19(2,3)27-18(25)21-14(9-20(10-15(20)21)11-16(22)23)17(24)26-12-13-7-5-4-6-8-13/h4-8,14-15H,9-12H2,1-3H3,(H,22,23)/t14-,15+,20-/m0/s1. The fourth-order valence-electron chi connectivity index (χ4n) is 3.79. The third-order valence-electron chi connectivity index (χ3n) is 5.02. The zero-order chi connectivity index (χ0) is 19.8. The first-order valence-corrected chi connectivity index (χ1v) is 9.05. The molecule has 1 aliphatic carbocycles. The van der Waals surface area contributed by atoms with Crippen molar-refractivity contribution in [2.24, 2.45) is 5.41 Å². The van der Waals surface area contributed by atoms with E-state index in [0.29, 0.717) is 6.42 Å². The maximum absolute atomic E-state index is 12.7. The zero-order valence-corrected chi connectivity index (χ0v) is 15.8. The fraction of sp³-hybridized carbons (Fsp3) is 0.550. The molecule has 146 valence electrons. The van der Waals surface area contributed by atoms with Crippen molar-refractivity contribution in [2.45, 2.75) is 64.3 Å². The Morgan fingerprint density at radius 3 is 2.44 bits per heavy atom. The number of piperidine rings is 1. The van der Waals surface area contributed by atoms with E-state index in [-0.39, 0.29) is 25.5 Å². The molecular formula is C20H25NO6. The minimum Gasteiger partial charge on any atom is -0.481 e. The summed E-state index contributed by atoms with van der Waals surface area (Å²) >= 11 is 0. The average Bonchev–Trinajstić information content (AvgIpc) is 3.14. The van der Waals surface area contributed by atoms with Crippen LogP contribution in [-0.2, 0) is 25.7 Å². The first-order chi connectivity index (χ1) is 12.6. The Morgan fingerprint density at radius 2 is 1.85 bits per heavy atom. The molecule has 1 aliphatic heterocycles. The largest absolute Gasteiger partial charge is 0.481 e. The van der Waals surface area contributed by atoms with Crippen LogP contribution in [-0.4, -0.2) is 45.7 Å². The first kappa shape index (κ1) is 19.2. The highest BCUT2D eigenvalue weighted by atomic mass is 16.6. The molecule has 2 fully saturated rings. The normalized spacial score (nSPS) is 26.3. The van der Waals surface area contributed by atoms with E-state index < -0.39 is 35.1 Å². The van der Waals surface area contributed by atoms with Crippen molar-refractivity contribution >= 4 is 18.0 Å². The van der Waals surface area contributed by atoms with Crippen molar-refractivity contribution in [2.75, 3.05) is 0 Å². The Morgan fingerprint density at radius 1 is 1.19 bits per heavy atom. The second-order valence-corrected chi connectivity index (χ2v) is 8.35. The van der Waals surface area contributed by atoms with E-state index in [1.165, 1.54) is 4.90 Å². The second kappa shape index (κ2) is 6.87. The number of carboxylic acid groups (broad SMARTS) is 1. The molecule has 1 aromatic rings. The van der Waals surface area contributed by atoms with Gasteiger partial charge >= 0.3 is 18.0 Å². The van der Waals surface area contributed by atoms with E-state index in [2.05, 4.69) is 0 Å². The van der Waals surface area contributed by atoms with Gasteiger partial charge in [-0.15, -0.1) is 0 Å². The predicted octanol–water partition coefficient (Wildman–Crippen LogP) is 2.97. The number of aliphatic carboxylic acids is 1. The molecule has 27 heavy (non-hydrogen) atoms. The van der Waals surface area contributed by atoms with Gasteiger partial charge in [0.1, 0.15) is 18.2 Å². The van der Waals surface area contributed by atoms with Gasteiger partial charge in [-0.2, -0.15) is 0 Å². The quantitative estimate of drug-likeness (QED) is 0.796. The van der Waals surface area contributed by atoms with Gasteiger partial charge in [0.2, 0.25) is 0 Å². The highest BCUT2D eigenvalue weighted by molar-refractivity contribution is 5.84. The van der Waals surface area contributed by atoms with Crippen LogP contribution in [0.4, 0.5) is 4.79 Å². The average molecular weight is 375 g/mol. The van der Waals surface area contributed by atoms with Crippen molar-refractivity contribution in [1.82, 2.24) is 4.90 Å². The Kier molecular flexibility index (Phi) is 4.88. The lowest BCUT2D eigenvalue weighted by atomic mass is 9.96. The molecule has 2 aliphatic rings. The van der Waals surface area contributed by atoms with E-state index in [0.717, 1.165) is 5.56 Å². The molecule has 0 spiro atoms. The monoisotopic (exact) mass is 375 g/mol. The molecule has 1 N–H and O–H groups in total. The van der Waals surface area contributed by atoms with Gasteiger partial charge in [-0.05, 0) is 39.2 Å². The van der Waals surface area contributed by atoms with Crippen molar-refractivity contribution < 1.29 is 29.0 Å². The lowest BCUT2D eigenvalue weighted by Crippen LogP contribution is -2.46. The third-order valence-corrected chi connectivity index (χ3v) is 5.02. The number of carboxylic acids is 1. The Labute approximate surface area is 158 Å². The number of rotatable bonds is 5. The zero-order valence-electron chi connectivity index (χ0n) is 15.8. The molecule has 3 rings (SSSR count). The number of ether oxygens (including phenoxy) is 2. The van der Waals surface area contributed by atoms with E-state index in [1.807, 2.05) is 30.3 Å². The highest BCUT2D eigenvalue weighted by Crippen LogP contribution is 2.62. The number of hydrogen-bond donors (Lipinski definition) is 1. The summed E-state index contributed by atoms with van der Waals surface area (Å²) in [5, 5.41) is 9.20. The summed E-state index contributed by atoms with van der Waals surface area (Å²) < 4.78 is 10.8. The van der Waals surface area contributed by atoms with E-state index in [4.69, 9.17) is 9.47 Å². The van der Waals surface area contributed by atoms with E-state index in [9.17, 15) is 19.5 Å². The SMILES string of the molecule is CC(C)(C)OC(=O)N1[C@H](C(=O)OCc2ccccc2)C[C@@]2(CC(=O)O)C[C@@H]12. The summed E-state index contributed by atoms with van der Waals surface area (Å²) in [5.74, 6) is -1.46. The summed E-state index contributed by atoms with van der Waals surface area (Å²) in [7, 11) is 0. The molecule has 1 saturated carbocycles. The minimum absolute atomic E-state index is 0.0700. The van der Waals surface area contributed by atoms with Gasteiger partial charge in [-0.25, -0.2) is 9.59 Å². The number of nitrogens with zero attached hydrogens (tertiary/aromatic N) is 1. The molecule has 3 atom stereocenters. The predicted molar refractivity (Wildman–Crippen MR) is 95.8 cm³/mol. The maximum Gasteiger partial charge on any atom is 0.411 e. The van der Waals surface area contributed by atoms with Gasteiger partial charge in [0, 0.05) is 11.5 Å². The summed E-state index contributed by atoms with van der Waals surface area (Å²) in [6.45, 7) is 5.36. The number of likely N-dealkylation sites (tertiary alicyclic amines) is 1. The Balaban J connectivity index is 1.73. The molecule has 7 nitrogen and oxygen atoms in total. The number of carbonyl (C=O) groups is 3. The smallest absolute Gasteiger partial charge is 0.411 e. The Hall–Kier alpha value is -2.57. The number of amides is 1. The number of carbonyl (C=O) groups excluding carboxylic acids is 2. The van der Waals surface area contributed by atoms with E-state index >= 15 is 0 Å². The Bertz CT molecular complexity index is 741. The second-order valence-electron chi connectivity index (χ2n) is 8.35. The van der Waals surface area contributed by atoms with Crippen LogP contribution in [0.1, 0.15) is 45.6 Å². The third kappa shape index (κ3) is 4.23. The lowest BCUT2D eigenvalue weighted by Gasteiger charge is -2.29. The van der Waals surface area contributed by atoms with Crippen LogP contribution in [0.3, 0.4) is 0 Å². The molecular weight excluding hydrogens is 350 g/mol. The topological polar surface area (TPSA) is 93.1 Å². The van der Waals surface area contributed by atoms with Gasteiger partial charge in [0.25, 0.3) is 0 Å². The molecule has 0 unspecified atom stereocenters. The molecule has 7 heteroatoms. The first-order valence-electron chi connectivity index (χ1n) is 9.05. The number of benzene rings is 1. The number of esters is 1. The molecule has 1 aromatic carbocycles. The van der Waals surface area contributed by atoms with Crippen molar-refractivity contribution in [1.29, 1.82) is 0 Å². The summed E-state index contributed by atoms with van der Waals surface area (Å²) in [5.41, 5.74) is -0.417. The maximum atomic E-state index is 12.7. The highest BCUT2D eigenvalue weighted by Gasteiger charge is 2.68. The van der Waals surface area contributed by atoms with Crippen LogP contribution in [0.25, 0.3) is 0 Å². The van der Waals surface area contributed by atoms with Gasteiger partial charge in [-0.3, -0.25) is 9.69 Å². The fourth-order valence-corrected chi connectivity index (χ4v) is 3.79. The molecule has 0 aromatic heterocycles. The van der Waals surface area contributed by atoms with Gasteiger partial charge < -0.3 is 14.6 Å². The van der Waals surface area contributed by atoms with E-state index in [1.54, 1.807) is 20.8 Å². The number of fused-ring (bicyclic) bond motifs is 1. The molecule has 1 amide bonds. The van der Waals surface area contributed by atoms with Gasteiger partial charge in [-0.1, -0.05) is 30.3 Å². The lowest BCUT2D eigenvalue weighted by molar-refractivity contribution is -0.151. The molecule has 0 bridgehead atoms. The summed E-state index contributed by atoms with van der Waals surface area (Å²) in [6.07, 6.45) is 0.191. The van der Waals surface area contributed by atoms with Crippen molar-refractivity contribution in [3.05, 3.63) is 35.9 Å². The molecule has 0 radical (unpaired) electrons. The molecule has 1 heterocycles. The number of hydrogen-bond acceptors (Lipinski definition) is 5. The van der Waals surface area contributed by atoms with Crippen molar-refractivity contribution in [3.8, 4) is 0 Å². The van der Waals surface area contributed by atoms with Crippen LogP contribution in [0.15, 0.2) is 30.3 Å². The van der Waals surface area contributed by atoms with Gasteiger partial charge in [0.05, 0.1) is 6.42 Å². The summed E-state index contributed by atoms with van der Waals surface area (Å²) in [6, 6.07) is 8.15. The van der Waals surface area contributed by atoms with Crippen LogP contribution >= 0.6 is 0 Å². The minimum atomic E-state index is -0.931. The summed E-state index contributed by atoms with van der Waals surface area (Å²) in [4.78, 5) is 38.0.